The zero-order valence-corrected chi connectivity index (χ0v) is 9.54. The van der Waals surface area contributed by atoms with Crippen LogP contribution in [0.2, 0.25) is 0 Å². The van der Waals surface area contributed by atoms with Crippen molar-refractivity contribution in [3.05, 3.63) is 12.2 Å². The van der Waals surface area contributed by atoms with Crippen molar-refractivity contribution >= 4 is 0 Å². The minimum Gasteiger partial charge on any atom is -0.314 e. The summed E-state index contributed by atoms with van der Waals surface area (Å²) in [5.74, 6) is 0. The maximum absolute atomic E-state index is 3.54. The number of nitrogens with zero attached hydrogens (tertiary/aromatic N) is 1. The molecule has 3 heteroatoms. The molecule has 2 N–H and O–H groups in total. The minimum absolute atomic E-state index is 0.640. The van der Waals surface area contributed by atoms with Crippen molar-refractivity contribution in [1.29, 1.82) is 0 Å². The van der Waals surface area contributed by atoms with Crippen LogP contribution >= 0.6 is 0 Å². The Balaban J connectivity index is 1.64. The molecule has 0 amide bonds. The Kier molecular flexibility index (Phi) is 4.64. The van der Waals surface area contributed by atoms with Gasteiger partial charge in [-0.2, -0.15) is 0 Å². The zero-order valence-electron chi connectivity index (χ0n) is 9.54. The van der Waals surface area contributed by atoms with Crippen LogP contribution in [0.4, 0.5) is 0 Å². The van der Waals surface area contributed by atoms with Crippen LogP contribution in [0.25, 0.3) is 0 Å². The Morgan fingerprint density at radius 2 is 2.00 bits per heavy atom. The van der Waals surface area contributed by atoms with Gasteiger partial charge in [-0.1, -0.05) is 18.6 Å². The van der Waals surface area contributed by atoms with Crippen LogP contribution in [-0.4, -0.2) is 50.2 Å². The molecule has 0 radical (unpaired) electrons. The molecule has 0 bridgehead atoms. The van der Waals surface area contributed by atoms with Crippen molar-refractivity contribution in [2.24, 2.45) is 0 Å². The van der Waals surface area contributed by atoms with Gasteiger partial charge in [-0.05, 0) is 19.4 Å². The maximum Gasteiger partial charge on any atom is 0.0250 e. The molecule has 0 spiro atoms. The largest absolute Gasteiger partial charge is 0.314 e. The minimum atomic E-state index is 0.640. The van der Waals surface area contributed by atoms with Crippen molar-refractivity contribution in [2.45, 2.75) is 25.3 Å². The predicted octanol–water partition coefficient (Wildman–Crippen LogP) is 0.590. The van der Waals surface area contributed by atoms with E-state index in [1.165, 1.54) is 38.9 Å². The molecule has 2 rings (SSSR count). The van der Waals surface area contributed by atoms with Crippen molar-refractivity contribution in [1.82, 2.24) is 15.5 Å². The summed E-state index contributed by atoms with van der Waals surface area (Å²) in [6, 6.07) is 0.640. The molecule has 2 aliphatic rings. The first-order chi connectivity index (χ1) is 7.45. The summed E-state index contributed by atoms with van der Waals surface area (Å²) in [5, 5.41) is 6.92. The van der Waals surface area contributed by atoms with E-state index < -0.39 is 0 Å². The number of hydrogen-bond acceptors (Lipinski definition) is 3. The summed E-state index contributed by atoms with van der Waals surface area (Å²) in [6.45, 7) is 7.01. The normalized spacial score (nSPS) is 29.7. The van der Waals surface area contributed by atoms with Crippen LogP contribution in [0.1, 0.15) is 19.3 Å². The highest BCUT2D eigenvalue weighted by Gasteiger charge is 2.09. The van der Waals surface area contributed by atoms with E-state index in [0.29, 0.717) is 6.04 Å². The van der Waals surface area contributed by atoms with E-state index in [4.69, 9.17) is 0 Å². The Labute approximate surface area is 92.9 Å². The number of nitrogens with one attached hydrogen (secondary N) is 2. The molecule has 1 atom stereocenters. The molecule has 0 aromatic rings. The monoisotopic (exact) mass is 209 g/mol. The molecule has 0 saturated carbocycles. The average molecular weight is 209 g/mol. The number of hydrogen-bond donors (Lipinski definition) is 2. The lowest BCUT2D eigenvalue weighted by Crippen LogP contribution is -2.43. The quantitative estimate of drug-likeness (QED) is 0.666. The van der Waals surface area contributed by atoms with E-state index in [1.54, 1.807) is 0 Å². The van der Waals surface area contributed by atoms with E-state index in [0.717, 1.165) is 19.6 Å². The van der Waals surface area contributed by atoms with Crippen LogP contribution in [0, 0.1) is 0 Å². The molecule has 2 fully saturated rings. The third kappa shape index (κ3) is 3.93. The topological polar surface area (TPSA) is 27.3 Å². The van der Waals surface area contributed by atoms with Gasteiger partial charge in [-0.3, -0.25) is 4.90 Å². The molecule has 1 unspecified atom stereocenters. The van der Waals surface area contributed by atoms with Crippen molar-refractivity contribution in [2.75, 3.05) is 39.3 Å². The highest BCUT2D eigenvalue weighted by Crippen LogP contribution is 2.07. The van der Waals surface area contributed by atoms with Gasteiger partial charge >= 0.3 is 0 Å². The van der Waals surface area contributed by atoms with E-state index in [9.17, 15) is 0 Å². The predicted molar refractivity (Wildman–Crippen MR) is 64.1 cm³/mol. The van der Waals surface area contributed by atoms with E-state index in [-0.39, 0.29) is 0 Å². The first kappa shape index (κ1) is 11.1. The second-order valence-corrected chi connectivity index (χ2v) is 4.54. The Bertz CT molecular complexity index is 191. The van der Waals surface area contributed by atoms with Gasteiger partial charge in [0.1, 0.15) is 0 Å². The summed E-state index contributed by atoms with van der Waals surface area (Å²) >= 11 is 0. The van der Waals surface area contributed by atoms with Crippen molar-refractivity contribution < 1.29 is 0 Å². The van der Waals surface area contributed by atoms with Gasteiger partial charge in [0.25, 0.3) is 0 Å². The molecule has 2 heterocycles. The molecule has 0 aromatic carbocycles. The standard InChI is InChI=1S/C12H23N3/c1-2-6-14-12(4-1)5-3-9-15-10-7-13-8-11-15/h3,5,12-14H,1-2,4,6-11H2/b5-3-. The van der Waals surface area contributed by atoms with Gasteiger partial charge in [0.15, 0.2) is 0 Å². The fraction of sp³-hybridized carbons (Fsp3) is 0.833. The van der Waals surface area contributed by atoms with Gasteiger partial charge in [0.05, 0.1) is 0 Å². The molecule has 0 aliphatic carbocycles. The second-order valence-electron chi connectivity index (χ2n) is 4.54. The first-order valence-corrected chi connectivity index (χ1v) is 6.28. The van der Waals surface area contributed by atoms with E-state index >= 15 is 0 Å². The van der Waals surface area contributed by atoms with Gasteiger partial charge in [-0.25, -0.2) is 0 Å². The molecular weight excluding hydrogens is 186 g/mol. The summed E-state index contributed by atoms with van der Waals surface area (Å²) in [5.41, 5.74) is 0. The SMILES string of the molecule is C(=C/C1CCCCN1)/CN1CCNCC1. The summed E-state index contributed by atoms with van der Waals surface area (Å²) in [4.78, 5) is 2.51. The van der Waals surface area contributed by atoms with Gasteiger partial charge < -0.3 is 10.6 Å². The number of rotatable bonds is 3. The van der Waals surface area contributed by atoms with Gasteiger partial charge in [0, 0.05) is 38.8 Å². The molecule has 15 heavy (non-hydrogen) atoms. The summed E-state index contributed by atoms with van der Waals surface area (Å²) < 4.78 is 0. The smallest absolute Gasteiger partial charge is 0.0250 e. The average Bonchev–Trinajstić information content (AvgIpc) is 2.32. The third-order valence-electron chi connectivity index (χ3n) is 3.29. The molecular formula is C12H23N3. The number of piperazine rings is 1. The molecule has 0 aromatic heterocycles. The van der Waals surface area contributed by atoms with Gasteiger partial charge in [-0.15, -0.1) is 0 Å². The van der Waals surface area contributed by atoms with Crippen LogP contribution in [0.3, 0.4) is 0 Å². The van der Waals surface area contributed by atoms with Crippen molar-refractivity contribution in [3.63, 3.8) is 0 Å². The highest BCUT2D eigenvalue weighted by molar-refractivity contribution is 4.96. The summed E-state index contributed by atoms with van der Waals surface area (Å²) in [7, 11) is 0. The van der Waals surface area contributed by atoms with E-state index in [2.05, 4.69) is 27.7 Å². The first-order valence-electron chi connectivity index (χ1n) is 6.28. The summed E-state index contributed by atoms with van der Waals surface area (Å²) in [6.07, 6.45) is 8.76. The Morgan fingerprint density at radius 1 is 1.13 bits per heavy atom. The zero-order chi connectivity index (χ0) is 10.3. The molecule has 2 saturated heterocycles. The van der Waals surface area contributed by atoms with Crippen LogP contribution in [-0.2, 0) is 0 Å². The fourth-order valence-electron chi connectivity index (χ4n) is 2.31. The lowest BCUT2D eigenvalue weighted by molar-refractivity contribution is 0.264. The van der Waals surface area contributed by atoms with Crippen molar-refractivity contribution in [3.8, 4) is 0 Å². The Hall–Kier alpha value is -0.380. The lowest BCUT2D eigenvalue weighted by atomic mass is 10.0. The Morgan fingerprint density at radius 3 is 2.73 bits per heavy atom. The molecule has 3 nitrogen and oxygen atoms in total. The van der Waals surface area contributed by atoms with E-state index in [1.807, 2.05) is 0 Å². The van der Waals surface area contributed by atoms with Gasteiger partial charge in [0.2, 0.25) is 0 Å². The van der Waals surface area contributed by atoms with Crippen LogP contribution in [0.15, 0.2) is 12.2 Å². The number of piperidine rings is 1. The molecule has 2 aliphatic heterocycles. The molecule has 86 valence electrons. The fourth-order valence-corrected chi connectivity index (χ4v) is 2.31. The van der Waals surface area contributed by atoms with Crippen LogP contribution in [0.5, 0.6) is 0 Å². The highest BCUT2D eigenvalue weighted by atomic mass is 15.2. The lowest BCUT2D eigenvalue weighted by Gasteiger charge is -2.26. The third-order valence-corrected chi connectivity index (χ3v) is 3.29. The maximum atomic E-state index is 3.54. The van der Waals surface area contributed by atoms with Crippen LogP contribution < -0.4 is 10.6 Å². The second kappa shape index (κ2) is 6.26.